The SMILES string of the molecule is CC1CCCC(CNC(c2ccco2)c2ccc(Cl)s2)C1. The lowest BCUT2D eigenvalue weighted by molar-refractivity contribution is 0.267. The van der Waals surface area contributed by atoms with Gasteiger partial charge in [-0.05, 0) is 55.5 Å². The van der Waals surface area contributed by atoms with Crippen molar-refractivity contribution in [2.24, 2.45) is 11.8 Å². The minimum atomic E-state index is 0.120. The number of hydrogen-bond acceptors (Lipinski definition) is 3. The topological polar surface area (TPSA) is 25.2 Å². The van der Waals surface area contributed by atoms with Gasteiger partial charge in [-0.25, -0.2) is 0 Å². The van der Waals surface area contributed by atoms with Crippen LogP contribution in [0.2, 0.25) is 4.34 Å². The molecular weight excluding hydrogens is 302 g/mol. The van der Waals surface area contributed by atoms with Gasteiger partial charge >= 0.3 is 0 Å². The molecule has 21 heavy (non-hydrogen) atoms. The zero-order chi connectivity index (χ0) is 14.7. The van der Waals surface area contributed by atoms with Crippen molar-refractivity contribution in [3.05, 3.63) is 45.5 Å². The lowest BCUT2D eigenvalue weighted by atomic mass is 9.82. The molecule has 4 heteroatoms. The highest BCUT2D eigenvalue weighted by Gasteiger charge is 2.23. The molecule has 3 atom stereocenters. The van der Waals surface area contributed by atoms with E-state index in [-0.39, 0.29) is 6.04 Å². The van der Waals surface area contributed by atoms with E-state index in [2.05, 4.69) is 18.3 Å². The number of halogens is 1. The van der Waals surface area contributed by atoms with Crippen molar-refractivity contribution in [3.8, 4) is 0 Å². The number of rotatable bonds is 5. The Morgan fingerprint density at radius 2 is 2.29 bits per heavy atom. The summed E-state index contributed by atoms with van der Waals surface area (Å²) in [5.41, 5.74) is 0. The van der Waals surface area contributed by atoms with Gasteiger partial charge in [-0.15, -0.1) is 11.3 Å². The molecule has 3 unspecified atom stereocenters. The summed E-state index contributed by atoms with van der Waals surface area (Å²) in [5, 5.41) is 3.70. The van der Waals surface area contributed by atoms with E-state index < -0.39 is 0 Å². The molecule has 1 aliphatic carbocycles. The van der Waals surface area contributed by atoms with Gasteiger partial charge in [0.05, 0.1) is 10.6 Å². The van der Waals surface area contributed by atoms with E-state index in [1.54, 1.807) is 17.6 Å². The van der Waals surface area contributed by atoms with Crippen LogP contribution in [0, 0.1) is 11.8 Å². The number of hydrogen-bond donors (Lipinski definition) is 1. The van der Waals surface area contributed by atoms with Gasteiger partial charge in [-0.3, -0.25) is 0 Å². The Balaban J connectivity index is 1.68. The summed E-state index contributed by atoms with van der Waals surface area (Å²) in [6, 6.07) is 8.16. The Morgan fingerprint density at radius 3 is 2.95 bits per heavy atom. The first kappa shape index (κ1) is 15.1. The highest BCUT2D eigenvalue weighted by atomic mass is 35.5. The summed E-state index contributed by atoms with van der Waals surface area (Å²) < 4.78 is 6.45. The normalized spacial score (nSPS) is 24.1. The maximum absolute atomic E-state index is 6.09. The van der Waals surface area contributed by atoms with Crippen molar-refractivity contribution >= 4 is 22.9 Å². The third-order valence-corrected chi connectivity index (χ3v) is 5.66. The van der Waals surface area contributed by atoms with E-state index in [1.807, 2.05) is 18.2 Å². The molecular formula is C17H22ClNOS. The summed E-state index contributed by atoms with van der Waals surface area (Å²) in [7, 11) is 0. The van der Waals surface area contributed by atoms with E-state index in [9.17, 15) is 0 Å². The molecule has 0 radical (unpaired) electrons. The molecule has 1 fully saturated rings. The predicted molar refractivity (Wildman–Crippen MR) is 89.0 cm³/mol. The molecule has 2 nitrogen and oxygen atoms in total. The van der Waals surface area contributed by atoms with Crippen LogP contribution >= 0.6 is 22.9 Å². The second-order valence-electron chi connectivity index (χ2n) is 6.14. The fourth-order valence-electron chi connectivity index (χ4n) is 3.31. The van der Waals surface area contributed by atoms with Crippen LogP contribution in [0.1, 0.15) is 49.3 Å². The van der Waals surface area contributed by atoms with Gasteiger partial charge in [0.2, 0.25) is 0 Å². The monoisotopic (exact) mass is 323 g/mol. The van der Waals surface area contributed by atoms with Crippen LogP contribution in [0.15, 0.2) is 34.9 Å². The van der Waals surface area contributed by atoms with Crippen molar-refractivity contribution < 1.29 is 4.42 Å². The zero-order valence-corrected chi connectivity index (χ0v) is 13.9. The third-order valence-electron chi connectivity index (χ3n) is 4.36. The molecule has 1 saturated carbocycles. The van der Waals surface area contributed by atoms with Crippen LogP contribution in [-0.4, -0.2) is 6.54 Å². The first-order valence-electron chi connectivity index (χ1n) is 7.74. The zero-order valence-electron chi connectivity index (χ0n) is 12.3. The average molecular weight is 324 g/mol. The predicted octanol–water partition coefficient (Wildman–Crippen LogP) is 5.50. The Hall–Kier alpha value is -0.770. The summed E-state index contributed by atoms with van der Waals surface area (Å²) in [4.78, 5) is 1.22. The minimum Gasteiger partial charge on any atom is -0.467 e. The molecule has 1 aliphatic rings. The van der Waals surface area contributed by atoms with Crippen molar-refractivity contribution in [2.75, 3.05) is 6.54 Å². The summed E-state index contributed by atoms with van der Waals surface area (Å²) in [6.07, 6.45) is 7.17. The Labute approximate surface area is 135 Å². The maximum Gasteiger partial charge on any atom is 0.126 e. The Morgan fingerprint density at radius 1 is 1.38 bits per heavy atom. The average Bonchev–Trinajstić information content (AvgIpc) is 3.12. The van der Waals surface area contributed by atoms with E-state index in [4.69, 9.17) is 16.0 Å². The largest absolute Gasteiger partial charge is 0.467 e. The molecule has 0 aliphatic heterocycles. The van der Waals surface area contributed by atoms with E-state index in [1.165, 1.54) is 30.6 Å². The molecule has 0 saturated heterocycles. The van der Waals surface area contributed by atoms with Gasteiger partial charge in [-0.1, -0.05) is 31.4 Å². The van der Waals surface area contributed by atoms with Gasteiger partial charge in [-0.2, -0.15) is 0 Å². The highest BCUT2D eigenvalue weighted by Crippen LogP contribution is 2.33. The van der Waals surface area contributed by atoms with Crippen molar-refractivity contribution in [1.29, 1.82) is 0 Å². The van der Waals surface area contributed by atoms with Crippen LogP contribution in [0.5, 0.6) is 0 Å². The number of nitrogens with one attached hydrogen (secondary N) is 1. The molecule has 3 rings (SSSR count). The molecule has 0 bridgehead atoms. The lowest BCUT2D eigenvalue weighted by Gasteiger charge is -2.28. The van der Waals surface area contributed by atoms with E-state index in [0.717, 1.165) is 28.5 Å². The second kappa shape index (κ2) is 6.99. The van der Waals surface area contributed by atoms with E-state index in [0.29, 0.717) is 0 Å². The molecule has 2 heterocycles. The van der Waals surface area contributed by atoms with Crippen LogP contribution < -0.4 is 5.32 Å². The van der Waals surface area contributed by atoms with Crippen LogP contribution in [-0.2, 0) is 0 Å². The second-order valence-corrected chi connectivity index (χ2v) is 7.88. The molecule has 1 N–H and O–H groups in total. The van der Waals surface area contributed by atoms with Gasteiger partial charge in [0.25, 0.3) is 0 Å². The molecule has 0 spiro atoms. The Bertz CT molecular complexity index is 551. The molecule has 0 aromatic carbocycles. The number of furan rings is 1. The van der Waals surface area contributed by atoms with Crippen LogP contribution in [0.3, 0.4) is 0 Å². The smallest absolute Gasteiger partial charge is 0.126 e. The van der Waals surface area contributed by atoms with Crippen molar-refractivity contribution in [1.82, 2.24) is 5.32 Å². The molecule has 114 valence electrons. The first-order valence-corrected chi connectivity index (χ1v) is 8.94. The van der Waals surface area contributed by atoms with Crippen LogP contribution in [0.25, 0.3) is 0 Å². The quantitative estimate of drug-likeness (QED) is 0.786. The highest BCUT2D eigenvalue weighted by molar-refractivity contribution is 7.16. The van der Waals surface area contributed by atoms with Gasteiger partial charge < -0.3 is 9.73 Å². The van der Waals surface area contributed by atoms with Crippen LogP contribution in [0.4, 0.5) is 0 Å². The lowest BCUT2D eigenvalue weighted by Crippen LogP contribution is -2.30. The molecule has 2 aromatic rings. The van der Waals surface area contributed by atoms with Gasteiger partial charge in [0, 0.05) is 4.88 Å². The molecule has 0 amide bonds. The van der Waals surface area contributed by atoms with Gasteiger partial charge in [0.1, 0.15) is 11.8 Å². The first-order chi connectivity index (χ1) is 10.2. The van der Waals surface area contributed by atoms with Gasteiger partial charge in [0.15, 0.2) is 0 Å². The maximum atomic E-state index is 6.09. The third kappa shape index (κ3) is 3.91. The summed E-state index contributed by atoms with van der Waals surface area (Å²) >= 11 is 7.72. The van der Waals surface area contributed by atoms with Crippen molar-refractivity contribution in [3.63, 3.8) is 0 Å². The standard InChI is InChI=1S/C17H22ClNOS/c1-12-4-2-5-13(10-12)11-19-17(14-6-3-9-20-14)15-7-8-16(18)21-15/h3,6-9,12-13,17,19H,2,4-5,10-11H2,1H3. The van der Waals surface area contributed by atoms with E-state index >= 15 is 0 Å². The van der Waals surface area contributed by atoms with Crippen molar-refractivity contribution in [2.45, 2.75) is 38.6 Å². The molecule has 2 aromatic heterocycles. The Kier molecular flexibility index (Phi) is 5.04. The summed E-state index contributed by atoms with van der Waals surface area (Å²) in [5.74, 6) is 2.61. The fraction of sp³-hybridized carbons (Fsp3) is 0.529. The minimum absolute atomic E-state index is 0.120. The fourth-order valence-corrected chi connectivity index (χ4v) is 4.45. The summed E-state index contributed by atoms with van der Waals surface area (Å²) in [6.45, 7) is 3.42. The number of thiophene rings is 1.